The van der Waals surface area contributed by atoms with E-state index in [2.05, 4.69) is 0 Å². The van der Waals surface area contributed by atoms with Crippen molar-refractivity contribution < 1.29 is 19.0 Å². The number of halogens is 1. The van der Waals surface area contributed by atoms with E-state index in [1.807, 2.05) is 0 Å². The molecule has 0 spiro atoms. The number of benzene rings is 1. The van der Waals surface area contributed by atoms with Crippen LogP contribution in [0.5, 0.6) is 0 Å². The summed E-state index contributed by atoms with van der Waals surface area (Å²) in [6, 6.07) is 3.68. The van der Waals surface area contributed by atoms with Gasteiger partial charge in [0.25, 0.3) is 0 Å². The monoisotopic (exact) mass is 227 g/mol. The molecule has 0 unspecified atom stereocenters. The summed E-state index contributed by atoms with van der Waals surface area (Å²) in [5, 5.41) is 8.52. The standard InChI is InChI=1S/C11H14FNO3/c12-9-4-3-8(7-10(9)13)11(15)16-6-2-1-5-14/h3-4,7,14H,1-2,5-6,13H2. The summed E-state index contributed by atoms with van der Waals surface area (Å²) in [5.74, 6) is -1.10. The van der Waals surface area contributed by atoms with E-state index in [-0.39, 0.29) is 24.5 Å². The molecular formula is C11H14FNO3. The number of anilines is 1. The third kappa shape index (κ3) is 3.51. The first-order valence-electron chi connectivity index (χ1n) is 4.98. The van der Waals surface area contributed by atoms with Gasteiger partial charge in [-0.05, 0) is 31.0 Å². The van der Waals surface area contributed by atoms with Crippen LogP contribution in [0.3, 0.4) is 0 Å². The van der Waals surface area contributed by atoms with Gasteiger partial charge in [0.1, 0.15) is 5.82 Å². The number of unbranched alkanes of at least 4 members (excludes halogenated alkanes) is 1. The van der Waals surface area contributed by atoms with Gasteiger partial charge in [-0.2, -0.15) is 0 Å². The zero-order chi connectivity index (χ0) is 12.0. The summed E-state index contributed by atoms with van der Waals surface area (Å²) in [4.78, 5) is 11.4. The Morgan fingerprint density at radius 1 is 1.44 bits per heavy atom. The van der Waals surface area contributed by atoms with Crippen molar-refractivity contribution in [1.29, 1.82) is 0 Å². The summed E-state index contributed by atoms with van der Waals surface area (Å²) in [7, 11) is 0. The molecule has 5 heteroatoms. The van der Waals surface area contributed by atoms with Gasteiger partial charge in [0.2, 0.25) is 0 Å². The number of rotatable bonds is 5. The minimum atomic E-state index is -0.558. The Balaban J connectivity index is 2.50. The van der Waals surface area contributed by atoms with Gasteiger partial charge in [0.15, 0.2) is 0 Å². The van der Waals surface area contributed by atoms with Crippen molar-refractivity contribution in [3.63, 3.8) is 0 Å². The van der Waals surface area contributed by atoms with Crippen molar-refractivity contribution in [2.45, 2.75) is 12.8 Å². The zero-order valence-corrected chi connectivity index (χ0v) is 8.78. The van der Waals surface area contributed by atoms with Gasteiger partial charge in [-0.25, -0.2) is 9.18 Å². The fraction of sp³-hybridized carbons (Fsp3) is 0.364. The van der Waals surface area contributed by atoms with Crippen LogP contribution in [0.1, 0.15) is 23.2 Å². The van der Waals surface area contributed by atoms with Gasteiger partial charge in [-0.3, -0.25) is 0 Å². The number of hydrogen-bond acceptors (Lipinski definition) is 4. The van der Waals surface area contributed by atoms with Crippen LogP contribution in [0.4, 0.5) is 10.1 Å². The summed E-state index contributed by atoms with van der Waals surface area (Å²) >= 11 is 0. The minimum absolute atomic E-state index is 0.0705. The molecule has 16 heavy (non-hydrogen) atoms. The minimum Gasteiger partial charge on any atom is -0.462 e. The van der Waals surface area contributed by atoms with Crippen LogP contribution in [0, 0.1) is 5.82 Å². The predicted molar refractivity (Wildman–Crippen MR) is 57.4 cm³/mol. The molecule has 0 bridgehead atoms. The number of carbonyl (C=O) groups excluding carboxylic acids is 1. The Morgan fingerprint density at radius 3 is 2.81 bits per heavy atom. The van der Waals surface area contributed by atoms with Gasteiger partial charge < -0.3 is 15.6 Å². The summed E-state index contributed by atoms with van der Waals surface area (Å²) in [6.07, 6.45) is 1.18. The number of nitrogen functional groups attached to an aromatic ring is 1. The van der Waals surface area contributed by atoms with Crippen LogP contribution in [-0.4, -0.2) is 24.3 Å². The van der Waals surface area contributed by atoms with E-state index in [0.717, 1.165) is 6.07 Å². The smallest absolute Gasteiger partial charge is 0.338 e. The highest BCUT2D eigenvalue weighted by Gasteiger charge is 2.08. The Bertz CT molecular complexity index is 368. The first-order chi connectivity index (χ1) is 7.65. The lowest BCUT2D eigenvalue weighted by atomic mass is 10.2. The number of hydrogen-bond donors (Lipinski definition) is 2. The maximum Gasteiger partial charge on any atom is 0.338 e. The second kappa shape index (κ2) is 6.07. The van der Waals surface area contributed by atoms with E-state index in [1.54, 1.807) is 0 Å². The quantitative estimate of drug-likeness (QED) is 0.452. The molecule has 0 aliphatic carbocycles. The van der Waals surface area contributed by atoms with Crippen molar-refractivity contribution in [2.75, 3.05) is 18.9 Å². The number of aliphatic hydroxyl groups excluding tert-OH is 1. The number of carbonyl (C=O) groups is 1. The lowest BCUT2D eigenvalue weighted by molar-refractivity contribution is 0.0492. The molecule has 1 aromatic carbocycles. The normalized spacial score (nSPS) is 10.1. The number of nitrogens with two attached hydrogens (primary N) is 1. The van der Waals surface area contributed by atoms with Gasteiger partial charge in [-0.1, -0.05) is 0 Å². The zero-order valence-electron chi connectivity index (χ0n) is 8.78. The van der Waals surface area contributed by atoms with Crippen molar-refractivity contribution in [3.05, 3.63) is 29.6 Å². The summed E-state index contributed by atoms with van der Waals surface area (Å²) in [5.41, 5.74) is 5.46. The predicted octanol–water partition coefficient (Wildman–Crippen LogP) is 1.34. The molecule has 1 rings (SSSR count). The number of ether oxygens (including phenoxy) is 1. The molecule has 0 saturated heterocycles. The van der Waals surface area contributed by atoms with Crippen LogP contribution >= 0.6 is 0 Å². The van der Waals surface area contributed by atoms with E-state index in [0.29, 0.717) is 12.8 Å². The highest BCUT2D eigenvalue weighted by molar-refractivity contribution is 5.90. The highest BCUT2D eigenvalue weighted by Crippen LogP contribution is 2.13. The van der Waals surface area contributed by atoms with E-state index in [9.17, 15) is 9.18 Å². The first-order valence-corrected chi connectivity index (χ1v) is 4.98. The molecule has 0 radical (unpaired) electrons. The molecule has 3 N–H and O–H groups in total. The Hall–Kier alpha value is -1.62. The molecule has 0 aromatic heterocycles. The molecule has 0 atom stereocenters. The second-order valence-corrected chi connectivity index (χ2v) is 3.30. The highest BCUT2D eigenvalue weighted by atomic mass is 19.1. The summed E-state index contributed by atoms with van der Waals surface area (Å²) < 4.78 is 17.7. The van der Waals surface area contributed by atoms with Gasteiger partial charge in [-0.15, -0.1) is 0 Å². The Kier molecular flexibility index (Phi) is 4.72. The van der Waals surface area contributed by atoms with E-state index in [4.69, 9.17) is 15.6 Å². The van der Waals surface area contributed by atoms with Crippen LogP contribution in [0.25, 0.3) is 0 Å². The number of esters is 1. The summed E-state index contributed by atoms with van der Waals surface area (Å²) in [6.45, 7) is 0.303. The molecule has 0 saturated carbocycles. The van der Waals surface area contributed by atoms with E-state index >= 15 is 0 Å². The molecule has 0 aliphatic rings. The second-order valence-electron chi connectivity index (χ2n) is 3.30. The lowest BCUT2D eigenvalue weighted by Gasteiger charge is -2.05. The third-order valence-corrected chi connectivity index (χ3v) is 2.02. The molecular weight excluding hydrogens is 213 g/mol. The van der Waals surface area contributed by atoms with E-state index < -0.39 is 11.8 Å². The Labute approximate surface area is 92.8 Å². The largest absolute Gasteiger partial charge is 0.462 e. The van der Waals surface area contributed by atoms with Crippen molar-refractivity contribution in [2.24, 2.45) is 0 Å². The van der Waals surface area contributed by atoms with Gasteiger partial charge >= 0.3 is 5.97 Å². The van der Waals surface area contributed by atoms with Crippen molar-refractivity contribution >= 4 is 11.7 Å². The maximum atomic E-state index is 12.8. The average molecular weight is 227 g/mol. The van der Waals surface area contributed by atoms with Gasteiger partial charge in [0, 0.05) is 6.61 Å². The average Bonchev–Trinajstić information content (AvgIpc) is 2.28. The molecule has 0 heterocycles. The molecule has 88 valence electrons. The molecule has 1 aromatic rings. The topological polar surface area (TPSA) is 72.6 Å². The van der Waals surface area contributed by atoms with Crippen LogP contribution in [-0.2, 0) is 4.74 Å². The molecule has 0 fully saturated rings. The third-order valence-electron chi connectivity index (χ3n) is 2.02. The SMILES string of the molecule is Nc1cc(C(=O)OCCCCO)ccc1F. The first kappa shape index (κ1) is 12.4. The fourth-order valence-electron chi connectivity index (χ4n) is 1.13. The van der Waals surface area contributed by atoms with Crippen molar-refractivity contribution in [3.8, 4) is 0 Å². The fourth-order valence-corrected chi connectivity index (χ4v) is 1.13. The number of aliphatic hydroxyl groups is 1. The van der Waals surface area contributed by atoms with Crippen LogP contribution in [0.2, 0.25) is 0 Å². The Morgan fingerprint density at radius 2 is 2.19 bits per heavy atom. The maximum absolute atomic E-state index is 12.8. The molecule has 0 amide bonds. The van der Waals surface area contributed by atoms with Crippen LogP contribution in [0.15, 0.2) is 18.2 Å². The molecule has 4 nitrogen and oxygen atoms in total. The lowest BCUT2D eigenvalue weighted by Crippen LogP contribution is -2.07. The van der Waals surface area contributed by atoms with Crippen LogP contribution < -0.4 is 5.73 Å². The van der Waals surface area contributed by atoms with Gasteiger partial charge in [0.05, 0.1) is 17.9 Å². The van der Waals surface area contributed by atoms with Crippen molar-refractivity contribution in [1.82, 2.24) is 0 Å². The van der Waals surface area contributed by atoms with E-state index in [1.165, 1.54) is 12.1 Å². The molecule has 0 aliphatic heterocycles.